The summed E-state index contributed by atoms with van der Waals surface area (Å²) < 4.78 is 11.1. The van der Waals surface area contributed by atoms with Crippen molar-refractivity contribution in [1.82, 2.24) is 0 Å². The largest absolute Gasteiger partial charge is 0.489 e. The van der Waals surface area contributed by atoms with E-state index in [1.807, 2.05) is 48.5 Å². The number of hydrogen-bond acceptors (Lipinski definition) is 3. The topological polar surface area (TPSA) is 35.5 Å². The maximum Gasteiger partial charge on any atom is 0.309 e. The molecule has 5 rings (SSSR count). The molecular weight excluding hydrogens is 408 g/mol. The van der Waals surface area contributed by atoms with Crippen LogP contribution in [0.15, 0.2) is 109 Å². The van der Waals surface area contributed by atoms with E-state index >= 15 is 0 Å². The van der Waals surface area contributed by atoms with Crippen molar-refractivity contribution in [3.8, 4) is 16.9 Å². The second kappa shape index (κ2) is 9.33. The molecule has 0 heterocycles. The van der Waals surface area contributed by atoms with Crippen molar-refractivity contribution in [2.75, 3.05) is 7.11 Å². The summed E-state index contributed by atoms with van der Waals surface area (Å²) in [5, 5.41) is 0. The Hall–Kier alpha value is -3.85. The van der Waals surface area contributed by atoms with Crippen molar-refractivity contribution in [2.45, 2.75) is 18.4 Å². The molecular formula is C30H26O3. The van der Waals surface area contributed by atoms with Crippen LogP contribution in [0.2, 0.25) is 0 Å². The van der Waals surface area contributed by atoms with Gasteiger partial charge in [-0.3, -0.25) is 4.79 Å². The molecule has 0 spiro atoms. The minimum Gasteiger partial charge on any atom is -0.489 e. The Morgan fingerprint density at radius 2 is 1.33 bits per heavy atom. The maximum atomic E-state index is 12.4. The highest BCUT2D eigenvalue weighted by Gasteiger charge is 2.56. The highest BCUT2D eigenvalue weighted by atomic mass is 16.5. The van der Waals surface area contributed by atoms with Gasteiger partial charge in [0.05, 0.1) is 13.0 Å². The van der Waals surface area contributed by atoms with Gasteiger partial charge in [0.1, 0.15) is 12.4 Å². The lowest BCUT2D eigenvalue weighted by Crippen LogP contribution is -2.05. The Kier molecular flexibility index (Phi) is 5.95. The van der Waals surface area contributed by atoms with E-state index in [0.717, 1.165) is 22.4 Å². The lowest BCUT2D eigenvalue weighted by Gasteiger charge is -2.09. The first-order valence-corrected chi connectivity index (χ1v) is 11.2. The zero-order valence-corrected chi connectivity index (χ0v) is 18.6. The van der Waals surface area contributed by atoms with E-state index in [9.17, 15) is 4.79 Å². The summed E-state index contributed by atoms with van der Waals surface area (Å²) in [4.78, 5) is 12.4. The summed E-state index contributed by atoms with van der Waals surface area (Å²) in [7, 11) is 1.47. The first-order valence-electron chi connectivity index (χ1n) is 11.2. The second-order valence-electron chi connectivity index (χ2n) is 8.44. The van der Waals surface area contributed by atoms with Crippen LogP contribution in [0, 0.1) is 5.92 Å². The van der Waals surface area contributed by atoms with Crippen LogP contribution in [-0.2, 0) is 16.1 Å². The van der Waals surface area contributed by atoms with Gasteiger partial charge in [0.2, 0.25) is 0 Å². The molecule has 0 saturated heterocycles. The third kappa shape index (κ3) is 4.54. The van der Waals surface area contributed by atoms with Crippen LogP contribution in [0.1, 0.15) is 28.5 Å². The van der Waals surface area contributed by atoms with Crippen LogP contribution in [-0.4, -0.2) is 13.1 Å². The lowest BCUT2D eigenvalue weighted by atomic mass is 10.00. The van der Waals surface area contributed by atoms with Crippen molar-refractivity contribution in [2.24, 2.45) is 5.92 Å². The van der Waals surface area contributed by atoms with Gasteiger partial charge in [0.15, 0.2) is 0 Å². The van der Waals surface area contributed by atoms with Crippen molar-refractivity contribution in [3.63, 3.8) is 0 Å². The van der Waals surface area contributed by atoms with E-state index in [0.29, 0.717) is 6.61 Å². The number of carbonyl (C=O) groups is 1. The minimum atomic E-state index is -0.138. The zero-order valence-electron chi connectivity index (χ0n) is 18.6. The Labute approximate surface area is 194 Å². The fourth-order valence-corrected chi connectivity index (χ4v) is 4.65. The molecule has 0 N–H and O–H groups in total. The van der Waals surface area contributed by atoms with Crippen LogP contribution in [0.4, 0.5) is 0 Å². The van der Waals surface area contributed by atoms with E-state index in [-0.39, 0.29) is 23.7 Å². The molecule has 3 nitrogen and oxygen atoms in total. The highest BCUT2D eigenvalue weighted by molar-refractivity contribution is 5.80. The standard InChI is InChI=1S/C30H26O3/c1-32-30(31)29-27(23-11-6-3-7-12-23)28(29)24-17-15-22(16-18-24)25-13-8-14-26(19-25)33-20-21-9-4-2-5-10-21/h2-19,27-29H,20H2,1H3. The van der Waals surface area contributed by atoms with Gasteiger partial charge >= 0.3 is 5.97 Å². The second-order valence-corrected chi connectivity index (χ2v) is 8.44. The van der Waals surface area contributed by atoms with Crippen LogP contribution < -0.4 is 4.74 Å². The predicted octanol–water partition coefficient (Wildman–Crippen LogP) is 6.60. The number of carbonyl (C=O) groups excluding carboxylic acids is 1. The van der Waals surface area contributed by atoms with Crippen molar-refractivity contribution >= 4 is 5.97 Å². The van der Waals surface area contributed by atoms with E-state index in [4.69, 9.17) is 9.47 Å². The first-order chi connectivity index (χ1) is 16.2. The van der Waals surface area contributed by atoms with Gasteiger partial charge in [0.25, 0.3) is 0 Å². The van der Waals surface area contributed by atoms with Crippen LogP contribution in [0.25, 0.3) is 11.1 Å². The molecule has 4 aromatic rings. The summed E-state index contributed by atoms with van der Waals surface area (Å²) in [5.74, 6) is 0.894. The molecule has 1 aliphatic rings. The molecule has 164 valence electrons. The number of rotatable bonds is 7. The summed E-state index contributed by atoms with van der Waals surface area (Å²) in [6, 6.07) is 37.1. The molecule has 1 fully saturated rings. The molecule has 1 saturated carbocycles. The summed E-state index contributed by atoms with van der Waals surface area (Å²) in [6.07, 6.45) is 0. The average Bonchev–Trinajstić information content (AvgIpc) is 3.64. The fraction of sp³-hybridized carbons (Fsp3) is 0.167. The maximum absolute atomic E-state index is 12.4. The molecule has 1 aliphatic carbocycles. The van der Waals surface area contributed by atoms with E-state index < -0.39 is 0 Å². The third-order valence-corrected chi connectivity index (χ3v) is 6.39. The number of methoxy groups -OCH3 is 1. The molecule has 3 unspecified atom stereocenters. The third-order valence-electron chi connectivity index (χ3n) is 6.39. The van der Waals surface area contributed by atoms with Crippen LogP contribution >= 0.6 is 0 Å². The minimum absolute atomic E-state index is 0.127. The first kappa shape index (κ1) is 21.0. The number of benzene rings is 4. The van der Waals surface area contributed by atoms with Gasteiger partial charge in [-0.1, -0.05) is 97.1 Å². The Bertz CT molecular complexity index is 1220. The number of ether oxygens (including phenoxy) is 2. The molecule has 3 atom stereocenters. The summed E-state index contributed by atoms with van der Waals surface area (Å²) in [5.41, 5.74) is 5.72. The van der Waals surface area contributed by atoms with Gasteiger partial charge in [-0.25, -0.2) is 0 Å². The smallest absolute Gasteiger partial charge is 0.309 e. The van der Waals surface area contributed by atoms with Gasteiger partial charge in [0, 0.05) is 11.8 Å². The molecule has 0 amide bonds. The van der Waals surface area contributed by atoms with Gasteiger partial charge < -0.3 is 9.47 Å². The predicted molar refractivity (Wildman–Crippen MR) is 130 cm³/mol. The Balaban J connectivity index is 1.33. The van der Waals surface area contributed by atoms with Gasteiger partial charge in [-0.2, -0.15) is 0 Å². The molecule has 4 aromatic carbocycles. The number of esters is 1. The van der Waals surface area contributed by atoms with Crippen molar-refractivity contribution in [1.29, 1.82) is 0 Å². The van der Waals surface area contributed by atoms with Crippen molar-refractivity contribution in [3.05, 3.63) is 126 Å². The molecule has 33 heavy (non-hydrogen) atoms. The Morgan fingerprint density at radius 3 is 2.00 bits per heavy atom. The zero-order chi connectivity index (χ0) is 22.6. The molecule has 0 aliphatic heterocycles. The fourth-order valence-electron chi connectivity index (χ4n) is 4.65. The van der Waals surface area contributed by atoms with E-state index in [1.165, 1.54) is 18.2 Å². The lowest BCUT2D eigenvalue weighted by molar-refractivity contribution is -0.142. The summed E-state index contributed by atoms with van der Waals surface area (Å²) in [6.45, 7) is 0.542. The van der Waals surface area contributed by atoms with Crippen molar-refractivity contribution < 1.29 is 14.3 Å². The normalized spacial score (nSPS) is 19.0. The highest BCUT2D eigenvalue weighted by Crippen LogP contribution is 2.61. The van der Waals surface area contributed by atoms with E-state index in [1.54, 1.807) is 0 Å². The molecule has 3 heteroatoms. The SMILES string of the molecule is COC(=O)C1C(c2ccccc2)C1c1ccc(-c2cccc(OCc3ccccc3)c2)cc1. The number of hydrogen-bond donors (Lipinski definition) is 0. The molecule has 0 radical (unpaired) electrons. The molecule has 0 bridgehead atoms. The van der Waals surface area contributed by atoms with Gasteiger partial charge in [-0.05, 0) is 39.9 Å². The van der Waals surface area contributed by atoms with Crippen LogP contribution in [0.5, 0.6) is 5.75 Å². The summed E-state index contributed by atoms with van der Waals surface area (Å²) >= 11 is 0. The van der Waals surface area contributed by atoms with Gasteiger partial charge in [-0.15, -0.1) is 0 Å². The van der Waals surface area contributed by atoms with E-state index in [2.05, 4.69) is 60.7 Å². The van der Waals surface area contributed by atoms with Crippen LogP contribution in [0.3, 0.4) is 0 Å². The monoisotopic (exact) mass is 434 g/mol. The Morgan fingerprint density at radius 1 is 0.697 bits per heavy atom. The molecule has 0 aromatic heterocycles. The quantitative estimate of drug-likeness (QED) is 0.307. The average molecular weight is 435 g/mol.